The van der Waals surface area contributed by atoms with E-state index in [9.17, 15) is 45.6 Å². The van der Waals surface area contributed by atoms with Crippen molar-refractivity contribution in [3.8, 4) is 0 Å². The molecule has 0 aromatic heterocycles. The van der Waals surface area contributed by atoms with Crippen molar-refractivity contribution in [3.05, 3.63) is 12.2 Å². The minimum atomic E-state index is -1.78. The Morgan fingerprint density at radius 2 is 0.873 bits per heavy atom. The third-order valence-corrected chi connectivity index (χ3v) is 14.7. The summed E-state index contributed by atoms with van der Waals surface area (Å²) in [6.07, 6.45) is 32.6. The molecule has 0 spiro atoms. The average molecular weight is 1020 g/mol. The molecule has 4 unspecified atom stereocenters. The van der Waals surface area contributed by atoms with Crippen LogP contribution in [0.5, 0.6) is 0 Å². The van der Waals surface area contributed by atoms with Crippen molar-refractivity contribution in [3.63, 3.8) is 0 Å². The second-order valence-electron chi connectivity index (χ2n) is 21.1. The number of rotatable bonds is 47. The molecule has 2 aliphatic heterocycles. The Bertz CT molecular complexity index is 1240. The summed E-state index contributed by atoms with van der Waals surface area (Å²) in [6, 6.07) is -0.908. The lowest BCUT2D eigenvalue weighted by atomic mass is 9.97. The number of hydrogen-bond donors (Lipinski definition) is 9. The Balaban J connectivity index is 1.71. The van der Waals surface area contributed by atoms with Gasteiger partial charge in [-0.15, -0.1) is 0 Å². The molecule has 9 N–H and O–H groups in total. The third kappa shape index (κ3) is 30.2. The summed E-state index contributed by atoms with van der Waals surface area (Å²) in [6.45, 7) is 2.81. The minimum absolute atomic E-state index is 0.235. The molecule has 0 bridgehead atoms. The molecule has 71 heavy (non-hydrogen) atoms. The predicted octanol–water partition coefficient (Wildman–Crippen LogP) is 9.50. The maximum atomic E-state index is 13.2. The molecular formula is C57H109NO13. The Morgan fingerprint density at radius 1 is 0.493 bits per heavy atom. The molecule has 0 saturated carbocycles. The van der Waals surface area contributed by atoms with Gasteiger partial charge in [0.15, 0.2) is 12.6 Å². The van der Waals surface area contributed by atoms with Gasteiger partial charge in [-0.05, 0) is 19.3 Å². The van der Waals surface area contributed by atoms with Gasteiger partial charge in [0.1, 0.15) is 48.8 Å². The summed E-state index contributed by atoms with van der Waals surface area (Å²) in [4.78, 5) is 13.2. The molecule has 2 aliphatic rings. The number of aliphatic hydroxyl groups excluding tert-OH is 8. The van der Waals surface area contributed by atoms with Gasteiger partial charge in [0.2, 0.25) is 5.91 Å². The Kier molecular flexibility index (Phi) is 40.7. The lowest BCUT2D eigenvalue weighted by Gasteiger charge is -2.46. The molecule has 0 radical (unpaired) electrons. The van der Waals surface area contributed by atoms with Crippen LogP contribution in [0.3, 0.4) is 0 Å². The topological polar surface area (TPSA) is 228 Å². The zero-order valence-electron chi connectivity index (χ0n) is 45.0. The van der Waals surface area contributed by atoms with Gasteiger partial charge in [-0.2, -0.15) is 0 Å². The standard InChI is InChI=1S/C57H109NO13/c1-3-5-7-9-11-13-15-17-18-19-20-21-22-23-24-25-26-27-28-29-31-33-35-37-39-41-49(62)58-45(46(61)40-38-36-34-32-30-16-14-12-10-8-6-4-2)44-68-56-54(67)52(65)55(48(43-60)70-56)71-57-53(66)51(64)50(63)47(42-59)69-57/h38,40,45-48,50-57,59-61,63-67H,3-37,39,41-44H2,1-2H3,(H,58,62)/b40-38+/t45-,46+,47+,48+,50-,51?,52?,53?,54?,55+,56+,57-/m0/s1. The van der Waals surface area contributed by atoms with Crippen LogP contribution in [-0.2, 0) is 23.7 Å². The molecule has 2 fully saturated rings. The van der Waals surface area contributed by atoms with Crippen molar-refractivity contribution in [2.24, 2.45) is 0 Å². The van der Waals surface area contributed by atoms with E-state index in [4.69, 9.17) is 18.9 Å². The van der Waals surface area contributed by atoms with Crippen LogP contribution in [0.2, 0.25) is 0 Å². The van der Waals surface area contributed by atoms with Crippen molar-refractivity contribution >= 4 is 5.91 Å². The number of hydrogen-bond acceptors (Lipinski definition) is 13. The van der Waals surface area contributed by atoms with Gasteiger partial charge in [0.25, 0.3) is 0 Å². The fourth-order valence-corrected chi connectivity index (χ4v) is 9.94. The van der Waals surface area contributed by atoms with Gasteiger partial charge < -0.3 is 65.1 Å². The van der Waals surface area contributed by atoms with E-state index in [2.05, 4.69) is 19.2 Å². The van der Waals surface area contributed by atoms with Crippen molar-refractivity contribution < 1.29 is 64.6 Å². The number of unbranched alkanes of at least 4 members (excludes halogenated alkanes) is 34. The van der Waals surface area contributed by atoms with Crippen molar-refractivity contribution in [2.75, 3.05) is 19.8 Å². The predicted molar refractivity (Wildman–Crippen MR) is 282 cm³/mol. The van der Waals surface area contributed by atoms with E-state index in [1.807, 2.05) is 6.08 Å². The highest BCUT2D eigenvalue weighted by Crippen LogP contribution is 2.30. The summed E-state index contributed by atoms with van der Waals surface area (Å²) < 4.78 is 22.7. The molecule has 14 nitrogen and oxygen atoms in total. The van der Waals surface area contributed by atoms with Crippen LogP contribution in [0.25, 0.3) is 0 Å². The van der Waals surface area contributed by atoms with Gasteiger partial charge in [-0.25, -0.2) is 0 Å². The van der Waals surface area contributed by atoms with E-state index in [0.717, 1.165) is 38.5 Å². The second-order valence-corrected chi connectivity index (χ2v) is 21.1. The van der Waals surface area contributed by atoms with Crippen LogP contribution >= 0.6 is 0 Å². The maximum Gasteiger partial charge on any atom is 0.220 e. The SMILES string of the molecule is CCCCCCCCCCCC/C=C/[C@@H](O)[C@H](CO[C@@H]1O[C@H](CO)[C@@H](O[C@@H]2O[C@H](CO)[C@H](O)C(O)C2O)C(O)C1O)NC(=O)CCCCCCCCCCCCCCCCCCCCCCCCCCC. The van der Waals surface area contributed by atoms with E-state index < -0.39 is 86.8 Å². The van der Waals surface area contributed by atoms with Crippen LogP contribution in [0, 0.1) is 0 Å². The molecule has 0 aromatic rings. The first-order valence-corrected chi connectivity index (χ1v) is 29.4. The minimum Gasteiger partial charge on any atom is -0.394 e. The monoisotopic (exact) mass is 1020 g/mol. The first-order valence-electron chi connectivity index (χ1n) is 29.4. The van der Waals surface area contributed by atoms with Gasteiger partial charge in [0.05, 0.1) is 32.0 Å². The molecule has 2 rings (SSSR count). The number of amides is 1. The zero-order chi connectivity index (χ0) is 51.7. The fourth-order valence-electron chi connectivity index (χ4n) is 9.94. The quantitative estimate of drug-likeness (QED) is 0.0205. The fraction of sp³-hybridized carbons (Fsp3) is 0.947. The number of nitrogens with one attached hydrogen (secondary N) is 1. The van der Waals surface area contributed by atoms with Gasteiger partial charge in [-0.1, -0.05) is 238 Å². The average Bonchev–Trinajstić information content (AvgIpc) is 3.37. The number of allylic oxidation sites excluding steroid dienone is 1. The lowest BCUT2D eigenvalue weighted by Crippen LogP contribution is -2.65. The van der Waals surface area contributed by atoms with E-state index in [0.29, 0.717) is 6.42 Å². The first kappa shape index (κ1) is 65.8. The summed E-state index contributed by atoms with van der Waals surface area (Å²) in [7, 11) is 0. The molecule has 0 aromatic carbocycles. The lowest BCUT2D eigenvalue weighted by molar-refractivity contribution is -0.359. The first-order chi connectivity index (χ1) is 34.6. The molecule has 0 aliphatic carbocycles. The van der Waals surface area contributed by atoms with Gasteiger partial charge >= 0.3 is 0 Å². The van der Waals surface area contributed by atoms with Gasteiger partial charge in [-0.3, -0.25) is 4.79 Å². The number of ether oxygens (including phenoxy) is 4. The van der Waals surface area contributed by atoms with Crippen LogP contribution in [0.4, 0.5) is 0 Å². The molecule has 420 valence electrons. The maximum absolute atomic E-state index is 13.2. The molecule has 14 heteroatoms. The van der Waals surface area contributed by atoms with Crippen LogP contribution < -0.4 is 5.32 Å². The summed E-state index contributed by atoms with van der Waals surface area (Å²) in [5, 5.41) is 86.9. The zero-order valence-corrected chi connectivity index (χ0v) is 45.0. The second kappa shape index (κ2) is 43.9. The number of aliphatic hydroxyl groups is 8. The third-order valence-electron chi connectivity index (χ3n) is 14.7. The molecule has 1 amide bonds. The van der Waals surface area contributed by atoms with E-state index in [1.54, 1.807) is 6.08 Å². The molecule has 12 atom stereocenters. The van der Waals surface area contributed by atoms with Crippen molar-refractivity contribution in [1.29, 1.82) is 0 Å². The molecule has 2 saturated heterocycles. The van der Waals surface area contributed by atoms with Crippen LogP contribution in [0.1, 0.15) is 251 Å². The summed E-state index contributed by atoms with van der Waals surface area (Å²) in [5.41, 5.74) is 0. The largest absolute Gasteiger partial charge is 0.394 e. The van der Waals surface area contributed by atoms with E-state index in [1.165, 1.54) is 186 Å². The molecule has 2 heterocycles. The molecular weight excluding hydrogens is 907 g/mol. The van der Waals surface area contributed by atoms with Crippen molar-refractivity contribution in [1.82, 2.24) is 5.32 Å². The Morgan fingerprint density at radius 3 is 1.30 bits per heavy atom. The highest BCUT2D eigenvalue weighted by Gasteiger charge is 2.51. The number of carbonyl (C=O) groups is 1. The number of carbonyl (C=O) groups excluding carboxylic acids is 1. The highest BCUT2D eigenvalue weighted by atomic mass is 16.7. The van der Waals surface area contributed by atoms with Crippen LogP contribution in [0.15, 0.2) is 12.2 Å². The highest BCUT2D eigenvalue weighted by molar-refractivity contribution is 5.76. The van der Waals surface area contributed by atoms with Gasteiger partial charge in [0, 0.05) is 6.42 Å². The Hall–Kier alpha value is -1.27. The van der Waals surface area contributed by atoms with Crippen molar-refractivity contribution in [2.45, 2.75) is 325 Å². The smallest absolute Gasteiger partial charge is 0.220 e. The summed E-state index contributed by atoms with van der Waals surface area (Å²) in [5.74, 6) is -0.235. The van der Waals surface area contributed by atoms with Crippen LogP contribution in [-0.4, -0.2) is 140 Å². The van der Waals surface area contributed by atoms with E-state index >= 15 is 0 Å². The van der Waals surface area contributed by atoms with E-state index in [-0.39, 0.29) is 18.9 Å². The normalized spacial score (nSPS) is 25.8. The summed E-state index contributed by atoms with van der Waals surface area (Å²) >= 11 is 0. The Labute approximate surface area is 431 Å².